The number of carboxylic acid groups (broad SMARTS) is 1. The highest BCUT2D eigenvalue weighted by Crippen LogP contribution is 2.26. The standard InChI is InChI=1S/C12H13IN4O2/c1-3-12(2,11(18)19)17-10(14-15-16-17)8-4-6-9(13)7-5-8/h4-7H,3H2,1-2H3,(H,18,19). The molecule has 0 amide bonds. The van der Waals surface area contributed by atoms with Crippen LogP contribution in [0.25, 0.3) is 11.4 Å². The summed E-state index contributed by atoms with van der Waals surface area (Å²) in [6.07, 6.45) is 0.394. The Morgan fingerprint density at radius 3 is 2.58 bits per heavy atom. The molecule has 6 nitrogen and oxygen atoms in total. The zero-order valence-corrected chi connectivity index (χ0v) is 12.7. The summed E-state index contributed by atoms with van der Waals surface area (Å²) in [5.41, 5.74) is -0.353. The van der Waals surface area contributed by atoms with Gasteiger partial charge in [0.05, 0.1) is 0 Å². The third-order valence-electron chi connectivity index (χ3n) is 3.19. The van der Waals surface area contributed by atoms with Crippen LogP contribution in [-0.2, 0) is 10.3 Å². The van der Waals surface area contributed by atoms with Crippen molar-refractivity contribution in [1.82, 2.24) is 20.2 Å². The molecule has 2 aromatic rings. The van der Waals surface area contributed by atoms with Crippen molar-refractivity contribution in [2.75, 3.05) is 0 Å². The maximum absolute atomic E-state index is 11.5. The Kier molecular flexibility index (Phi) is 3.83. The molecule has 0 bridgehead atoms. The van der Waals surface area contributed by atoms with Crippen molar-refractivity contribution < 1.29 is 9.90 Å². The smallest absolute Gasteiger partial charge is 0.331 e. The first-order valence-corrected chi connectivity index (χ1v) is 6.85. The number of benzene rings is 1. The van der Waals surface area contributed by atoms with Gasteiger partial charge in [0, 0.05) is 9.13 Å². The van der Waals surface area contributed by atoms with Crippen LogP contribution in [0.5, 0.6) is 0 Å². The van der Waals surface area contributed by atoms with Crippen LogP contribution >= 0.6 is 22.6 Å². The van der Waals surface area contributed by atoms with E-state index in [-0.39, 0.29) is 0 Å². The van der Waals surface area contributed by atoms with E-state index in [0.717, 1.165) is 9.13 Å². The minimum Gasteiger partial charge on any atom is -0.479 e. The Bertz CT molecular complexity index is 596. The predicted octanol–water partition coefficient (Wildman–Crippen LogP) is 2.15. The van der Waals surface area contributed by atoms with Gasteiger partial charge in [-0.3, -0.25) is 0 Å². The summed E-state index contributed by atoms with van der Waals surface area (Å²) in [6, 6.07) is 7.61. The van der Waals surface area contributed by atoms with Crippen molar-refractivity contribution in [3.63, 3.8) is 0 Å². The van der Waals surface area contributed by atoms with Crippen LogP contribution in [0.3, 0.4) is 0 Å². The highest BCUT2D eigenvalue weighted by molar-refractivity contribution is 14.1. The lowest BCUT2D eigenvalue weighted by molar-refractivity contribution is -0.147. The SMILES string of the molecule is CCC(C)(C(=O)O)n1nnnc1-c1ccc(I)cc1. The van der Waals surface area contributed by atoms with E-state index < -0.39 is 11.5 Å². The van der Waals surface area contributed by atoms with Gasteiger partial charge in [0.1, 0.15) is 0 Å². The number of rotatable bonds is 4. The Morgan fingerprint density at radius 1 is 1.42 bits per heavy atom. The van der Waals surface area contributed by atoms with Gasteiger partial charge >= 0.3 is 5.97 Å². The summed E-state index contributed by atoms with van der Waals surface area (Å²) in [7, 11) is 0. The maximum atomic E-state index is 11.5. The number of hydrogen-bond donors (Lipinski definition) is 1. The van der Waals surface area contributed by atoms with Crippen LogP contribution in [0, 0.1) is 3.57 Å². The number of hydrogen-bond acceptors (Lipinski definition) is 4. The van der Waals surface area contributed by atoms with Gasteiger partial charge < -0.3 is 5.11 Å². The van der Waals surface area contributed by atoms with E-state index in [1.54, 1.807) is 13.8 Å². The Balaban J connectivity index is 2.54. The van der Waals surface area contributed by atoms with E-state index in [1.165, 1.54) is 4.68 Å². The van der Waals surface area contributed by atoms with Gasteiger partial charge in [0.2, 0.25) is 0 Å². The molecule has 0 aliphatic heterocycles. The largest absolute Gasteiger partial charge is 0.479 e. The molecule has 1 heterocycles. The first-order valence-electron chi connectivity index (χ1n) is 5.77. The molecule has 19 heavy (non-hydrogen) atoms. The fraction of sp³-hybridized carbons (Fsp3) is 0.333. The van der Waals surface area contributed by atoms with Gasteiger partial charge in [-0.05, 0) is 58.5 Å². The number of aromatic nitrogens is 4. The highest BCUT2D eigenvalue weighted by atomic mass is 127. The summed E-state index contributed by atoms with van der Waals surface area (Å²) in [6.45, 7) is 3.41. The van der Waals surface area contributed by atoms with Crippen LogP contribution in [0.15, 0.2) is 24.3 Å². The summed E-state index contributed by atoms with van der Waals surface area (Å²) < 4.78 is 2.47. The predicted molar refractivity (Wildman–Crippen MR) is 77.5 cm³/mol. The van der Waals surface area contributed by atoms with Crippen LogP contribution < -0.4 is 0 Å². The maximum Gasteiger partial charge on any atom is 0.331 e. The van der Waals surface area contributed by atoms with Gasteiger partial charge in [-0.15, -0.1) is 5.10 Å². The van der Waals surface area contributed by atoms with E-state index in [2.05, 4.69) is 38.1 Å². The van der Waals surface area contributed by atoms with Gasteiger partial charge in [-0.2, -0.15) is 0 Å². The lowest BCUT2D eigenvalue weighted by atomic mass is 9.99. The Hall–Kier alpha value is -1.51. The van der Waals surface area contributed by atoms with Gasteiger partial charge in [-0.1, -0.05) is 19.1 Å². The van der Waals surface area contributed by atoms with Gasteiger partial charge in [0.15, 0.2) is 11.4 Å². The molecule has 100 valence electrons. The number of nitrogens with zero attached hydrogens (tertiary/aromatic N) is 4. The number of carbonyl (C=O) groups is 1. The highest BCUT2D eigenvalue weighted by Gasteiger charge is 2.37. The summed E-state index contributed by atoms with van der Waals surface area (Å²) in [5, 5.41) is 20.8. The monoisotopic (exact) mass is 372 g/mol. The molecule has 7 heteroatoms. The third kappa shape index (κ3) is 2.46. The van der Waals surface area contributed by atoms with E-state index in [4.69, 9.17) is 0 Å². The molecule has 1 N–H and O–H groups in total. The van der Waals surface area contributed by atoms with Crippen LogP contribution in [0.1, 0.15) is 20.3 Å². The number of halogens is 1. The number of carboxylic acids is 1. The fourth-order valence-corrected chi connectivity index (χ4v) is 2.05. The number of aliphatic carboxylic acids is 1. The lowest BCUT2D eigenvalue weighted by Crippen LogP contribution is -2.39. The van der Waals surface area contributed by atoms with Crippen molar-refractivity contribution in [3.05, 3.63) is 27.8 Å². The molecule has 2 rings (SSSR count). The zero-order chi connectivity index (χ0) is 14.0. The minimum absolute atomic E-state index is 0.394. The third-order valence-corrected chi connectivity index (χ3v) is 3.91. The van der Waals surface area contributed by atoms with Crippen molar-refractivity contribution in [3.8, 4) is 11.4 Å². The molecule has 0 saturated carbocycles. The first-order chi connectivity index (χ1) is 8.99. The molecule has 1 aromatic heterocycles. The molecule has 0 saturated heterocycles. The molecule has 1 atom stereocenters. The van der Waals surface area contributed by atoms with Crippen molar-refractivity contribution in [2.24, 2.45) is 0 Å². The van der Waals surface area contributed by atoms with Crippen molar-refractivity contribution >= 4 is 28.6 Å². The topological polar surface area (TPSA) is 80.9 Å². The van der Waals surface area contributed by atoms with E-state index in [9.17, 15) is 9.90 Å². The molecule has 0 spiro atoms. The van der Waals surface area contributed by atoms with E-state index in [0.29, 0.717) is 12.2 Å². The molecule has 0 fully saturated rings. The lowest BCUT2D eigenvalue weighted by Gasteiger charge is -2.23. The van der Waals surface area contributed by atoms with E-state index >= 15 is 0 Å². The number of tetrazole rings is 1. The first kappa shape index (κ1) is 13.9. The van der Waals surface area contributed by atoms with Crippen LogP contribution in [0.2, 0.25) is 0 Å². The Morgan fingerprint density at radius 2 is 2.05 bits per heavy atom. The van der Waals surface area contributed by atoms with E-state index in [1.807, 2.05) is 24.3 Å². The molecule has 1 aromatic carbocycles. The molecule has 0 aliphatic rings. The van der Waals surface area contributed by atoms with Gasteiger partial charge in [0.25, 0.3) is 0 Å². The fourth-order valence-electron chi connectivity index (χ4n) is 1.69. The summed E-state index contributed by atoms with van der Waals surface area (Å²) in [5.74, 6) is -0.489. The van der Waals surface area contributed by atoms with Crippen LogP contribution in [0.4, 0.5) is 0 Å². The quantitative estimate of drug-likeness (QED) is 0.832. The van der Waals surface area contributed by atoms with Crippen molar-refractivity contribution in [2.45, 2.75) is 25.8 Å². The Labute approximate surface area is 124 Å². The normalized spacial score (nSPS) is 14.1. The minimum atomic E-state index is -1.15. The molecule has 1 unspecified atom stereocenters. The summed E-state index contributed by atoms with van der Waals surface area (Å²) in [4.78, 5) is 11.5. The average molecular weight is 372 g/mol. The second-order valence-corrected chi connectivity index (χ2v) is 5.60. The molecular formula is C12H13IN4O2. The average Bonchev–Trinajstić information content (AvgIpc) is 2.88. The van der Waals surface area contributed by atoms with Gasteiger partial charge in [-0.25, -0.2) is 9.48 Å². The molecule has 0 aliphatic carbocycles. The second kappa shape index (κ2) is 5.24. The van der Waals surface area contributed by atoms with Crippen LogP contribution in [-0.4, -0.2) is 31.3 Å². The summed E-state index contributed by atoms with van der Waals surface area (Å²) >= 11 is 2.20. The molecule has 0 radical (unpaired) electrons. The second-order valence-electron chi connectivity index (χ2n) is 4.35. The zero-order valence-electron chi connectivity index (χ0n) is 10.5. The molecular weight excluding hydrogens is 359 g/mol. The van der Waals surface area contributed by atoms with Crippen molar-refractivity contribution in [1.29, 1.82) is 0 Å².